The Balaban J connectivity index is 2.14. The van der Waals surface area contributed by atoms with E-state index < -0.39 is 0 Å². The summed E-state index contributed by atoms with van der Waals surface area (Å²) in [6.45, 7) is 5.46. The average molecular weight is 263 g/mol. The molecule has 0 amide bonds. The van der Waals surface area contributed by atoms with E-state index in [0.29, 0.717) is 17.8 Å². The molecule has 4 nitrogen and oxygen atoms in total. The molecule has 1 aliphatic carbocycles. The van der Waals surface area contributed by atoms with Gasteiger partial charge < -0.3 is 10.1 Å². The monoisotopic (exact) mass is 263 g/mol. The molecule has 1 aromatic rings. The summed E-state index contributed by atoms with van der Waals surface area (Å²) in [5, 5.41) is 3.59. The first-order chi connectivity index (χ1) is 9.24. The van der Waals surface area contributed by atoms with Gasteiger partial charge in [-0.3, -0.25) is 0 Å². The lowest BCUT2D eigenvalue weighted by atomic mass is 9.78. The second-order valence-corrected chi connectivity index (χ2v) is 5.54. The van der Waals surface area contributed by atoms with Gasteiger partial charge in [0.05, 0.1) is 18.8 Å². The number of nitrogens with one attached hydrogen (secondary N) is 1. The van der Waals surface area contributed by atoms with Crippen LogP contribution in [-0.2, 0) is 0 Å². The van der Waals surface area contributed by atoms with E-state index in [2.05, 4.69) is 29.1 Å². The highest BCUT2D eigenvalue weighted by Crippen LogP contribution is 2.36. The SMILES string of the molecule is CCNC(c1cc(OC)ncn1)C1CCC(C)CC1. The molecule has 106 valence electrons. The molecule has 2 rings (SSSR count). The van der Waals surface area contributed by atoms with Crippen LogP contribution < -0.4 is 10.1 Å². The summed E-state index contributed by atoms with van der Waals surface area (Å²) < 4.78 is 5.21. The van der Waals surface area contributed by atoms with Crippen LogP contribution in [0.5, 0.6) is 5.88 Å². The molecule has 1 N–H and O–H groups in total. The minimum absolute atomic E-state index is 0.328. The third kappa shape index (κ3) is 3.66. The Kier molecular flexibility index (Phi) is 5.14. The minimum Gasteiger partial charge on any atom is -0.481 e. The predicted molar refractivity (Wildman–Crippen MR) is 76.1 cm³/mol. The van der Waals surface area contributed by atoms with Crippen molar-refractivity contribution in [3.8, 4) is 5.88 Å². The van der Waals surface area contributed by atoms with Gasteiger partial charge in [0.2, 0.25) is 5.88 Å². The van der Waals surface area contributed by atoms with Crippen LogP contribution in [0.1, 0.15) is 51.3 Å². The van der Waals surface area contributed by atoms with E-state index in [1.807, 2.05) is 6.07 Å². The van der Waals surface area contributed by atoms with E-state index in [1.165, 1.54) is 25.7 Å². The summed E-state index contributed by atoms with van der Waals surface area (Å²) in [5.41, 5.74) is 1.06. The van der Waals surface area contributed by atoms with Crippen molar-refractivity contribution in [2.45, 2.75) is 45.6 Å². The van der Waals surface area contributed by atoms with Gasteiger partial charge in [0.25, 0.3) is 0 Å². The lowest BCUT2D eigenvalue weighted by molar-refractivity contribution is 0.230. The number of aromatic nitrogens is 2. The smallest absolute Gasteiger partial charge is 0.216 e. The first-order valence-electron chi connectivity index (χ1n) is 7.34. The van der Waals surface area contributed by atoms with Crippen LogP contribution in [0.4, 0.5) is 0 Å². The standard InChI is InChI=1S/C15H25N3O/c1-4-16-15(12-7-5-11(2)6-8-12)13-9-14(19-3)18-10-17-13/h9-12,15-16H,4-8H2,1-3H3. The van der Waals surface area contributed by atoms with Crippen LogP contribution in [0.15, 0.2) is 12.4 Å². The Morgan fingerprint density at radius 3 is 2.68 bits per heavy atom. The van der Waals surface area contributed by atoms with Gasteiger partial charge >= 0.3 is 0 Å². The summed E-state index contributed by atoms with van der Waals surface area (Å²) in [4.78, 5) is 8.54. The molecule has 4 heteroatoms. The van der Waals surface area contributed by atoms with Gasteiger partial charge in [0, 0.05) is 6.07 Å². The molecule has 0 bridgehead atoms. The Bertz CT molecular complexity index is 389. The van der Waals surface area contributed by atoms with Crippen molar-refractivity contribution in [3.05, 3.63) is 18.1 Å². The quantitative estimate of drug-likeness (QED) is 0.887. The lowest BCUT2D eigenvalue weighted by Gasteiger charge is -2.32. The molecule has 1 saturated carbocycles. The maximum atomic E-state index is 5.21. The molecule has 0 aromatic carbocycles. The van der Waals surface area contributed by atoms with Crippen LogP contribution in [0.2, 0.25) is 0 Å². The van der Waals surface area contributed by atoms with Crippen molar-refractivity contribution in [2.75, 3.05) is 13.7 Å². The van der Waals surface area contributed by atoms with Gasteiger partial charge in [-0.1, -0.05) is 26.7 Å². The number of rotatable bonds is 5. The average Bonchev–Trinajstić information content (AvgIpc) is 2.46. The molecule has 0 spiro atoms. The molecule has 1 heterocycles. The van der Waals surface area contributed by atoms with Gasteiger partial charge in [0.15, 0.2) is 0 Å². The molecular formula is C15H25N3O. The number of nitrogens with zero attached hydrogens (tertiary/aromatic N) is 2. The van der Waals surface area contributed by atoms with Gasteiger partial charge in [-0.05, 0) is 31.2 Å². The van der Waals surface area contributed by atoms with E-state index in [-0.39, 0.29) is 0 Å². The molecule has 1 fully saturated rings. The molecule has 1 atom stereocenters. The number of hydrogen-bond donors (Lipinski definition) is 1. The van der Waals surface area contributed by atoms with Gasteiger partial charge in [-0.25, -0.2) is 9.97 Å². The zero-order valence-corrected chi connectivity index (χ0v) is 12.2. The van der Waals surface area contributed by atoms with Crippen LogP contribution in [0, 0.1) is 11.8 Å². The maximum Gasteiger partial charge on any atom is 0.216 e. The topological polar surface area (TPSA) is 47.0 Å². The fraction of sp³-hybridized carbons (Fsp3) is 0.733. The molecule has 1 aliphatic rings. The molecule has 0 saturated heterocycles. The van der Waals surface area contributed by atoms with Crippen LogP contribution in [-0.4, -0.2) is 23.6 Å². The molecule has 0 radical (unpaired) electrons. The van der Waals surface area contributed by atoms with E-state index in [9.17, 15) is 0 Å². The van der Waals surface area contributed by atoms with E-state index in [0.717, 1.165) is 18.2 Å². The number of ether oxygens (including phenoxy) is 1. The minimum atomic E-state index is 0.328. The maximum absolute atomic E-state index is 5.21. The van der Waals surface area contributed by atoms with Gasteiger partial charge in [0.1, 0.15) is 6.33 Å². The van der Waals surface area contributed by atoms with Crippen molar-refractivity contribution in [3.63, 3.8) is 0 Å². The Morgan fingerprint density at radius 2 is 2.05 bits per heavy atom. The lowest BCUT2D eigenvalue weighted by Crippen LogP contribution is -2.31. The second-order valence-electron chi connectivity index (χ2n) is 5.54. The third-order valence-corrected chi connectivity index (χ3v) is 4.15. The first-order valence-corrected chi connectivity index (χ1v) is 7.34. The summed E-state index contributed by atoms with van der Waals surface area (Å²) >= 11 is 0. The zero-order chi connectivity index (χ0) is 13.7. The number of hydrogen-bond acceptors (Lipinski definition) is 4. The van der Waals surface area contributed by atoms with Crippen molar-refractivity contribution < 1.29 is 4.74 Å². The Hall–Kier alpha value is -1.16. The van der Waals surface area contributed by atoms with Crippen LogP contribution in [0.25, 0.3) is 0 Å². The second kappa shape index (κ2) is 6.85. The normalized spacial score (nSPS) is 25.0. The van der Waals surface area contributed by atoms with Gasteiger partial charge in [-0.15, -0.1) is 0 Å². The van der Waals surface area contributed by atoms with E-state index in [4.69, 9.17) is 4.74 Å². The summed E-state index contributed by atoms with van der Waals surface area (Å²) in [6.07, 6.45) is 6.82. The summed E-state index contributed by atoms with van der Waals surface area (Å²) in [7, 11) is 1.65. The molecule has 1 unspecified atom stereocenters. The number of methoxy groups -OCH3 is 1. The van der Waals surface area contributed by atoms with Crippen LogP contribution in [0.3, 0.4) is 0 Å². The fourth-order valence-electron chi connectivity index (χ4n) is 2.99. The highest BCUT2D eigenvalue weighted by Gasteiger charge is 2.27. The van der Waals surface area contributed by atoms with Crippen molar-refractivity contribution in [1.82, 2.24) is 15.3 Å². The van der Waals surface area contributed by atoms with Crippen molar-refractivity contribution in [1.29, 1.82) is 0 Å². The summed E-state index contributed by atoms with van der Waals surface area (Å²) in [5.74, 6) is 2.20. The Labute approximate surface area is 116 Å². The van der Waals surface area contributed by atoms with E-state index >= 15 is 0 Å². The molecule has 0 aliphatic heterocycles. The molecule has 19 heavy (non-hydrogen) atoms. The van der Waals surface area contributed by atoms with Crippen molar-refractivity contribution in [2.24, 2.45) is 11.8 Å². The molecular weight excluding hydrogens is 238 g/mol. The molecule has 1 aromatic heterocycles. The zero-order valence-electron chi connectivity index (χ0n) is 12.2. The van der Waals surface area contributed by atoms with Gasteiger partial charge in [-0.2, -0.15) is 0 Å². The highest BCUT2D eigenvalue weighted by molar-refractivity contribution is 5.17. The predicted octanol–water partition coefficient (Wildman–Crippen LogP) is 2.96. The van der Waals surface area contributed by atoms with Crippen molar-refractivity contribution >= 4 is 0 Å². The summed E-state index contributed by atoms with van der Waals surface area (Å²) in [6, 6.07) is 2.29. The first kappa shape index (κ1) is 14.3. The fourth-order valence-corrected chi connectivity index (χ4v) is 2.99. The third-order valence-electron chi connectivity index (χ3n) is 4.15. The van der Waals surface area contributed by atoms with E-state index in [1.54, 1.807) is 13.4 Å². The Morgan fingerprint density at radius 1 is 1.32 bits per heavy atom. The largest absolute Gasteiger partial charge is 0.481 e. The van der Waals surface area contributed by atoms with Crippen LogP contribution >= 0.6 is 0 Å². The highest BCUT2D eigenvalue weighted by atomic mass is 16.5.